The average molecular weight is 265 g/mol. The predicted molar refractivity (Wildman–Crippen MR) is 70.4 cm³/mol. The maximum atomic E-state index is 11.8. The number of aryl methyl sites for hydroxylation is 2. The number of ether oxygens (including phenoxy) is 1. The molecule has 0 bridgehead atoms. The molecule has 3 heterocycles. The third-order valence-electron chi connectivity index (χ3n) is 3.35. The highest BCUT2D eigenvalue weighted by Gasteiger charge is 2.23. The number of fused-ring (bicyclic) bond motifs is 3. The number of aromatic nitrogens is 2. The lowest BCUT2D eigenvalue weighted by Gasteiger charge is -2.24. The number of halogens is 1. The molecule has 3 rings (SSSR count). The van der Waals surface area contributed by atoms with Crippen LogP contribution in [0.2, 0.25) is 5.15 Å². The van der Waals surface area contributed by atoms with Crippen molar-refractivity contribution < 1.29 is 4.74 Å². The van der Waals surface area contributed by atoms with Crippen LogP contribution in [-0.2, 0) is 13.5 Å². The van der Waals surface area contributed by atoms with Crippen LogP contribution in [-0.4, -0.2) is 15.7 Å². The van der Waals surface area contributed by atoms with E-state index < -0.39 is 0 Å². The Balaban J connectivity index is 2.45. The van der Waals surface area contributed by atoms with Crippen molar-refractivity contribution in [3.63, 3.8) is 0 Å². The Hall–Kier alpha value is -1.55. The zero-order chi connectivity index (χ0) is 12.9. The Bertz CT molecular complexity index is 693. The first-order chi connectivity index (χ1) is 8.58. The average Bonchev–Trinajstić information content (AvgIpc) is 2.34. The van der Waals surface area contributed by atoms with Crippen LogP contribution < -0.4 is 10.3 Å². The van der Waals surface area contributed by atoms with E-state index in [4.69, 9.17) is 16.3 Å². The molecule has 1 aliphatic heterocycles. The molecule has 0 radical (unpaired) electrons. The Labute approximate surface area is 109 Å². The van der Waals surface area contributed by atoms with Crippen molar-refractivity contribution in [2.24, 2.45) is 7.05 Å². The summed E-state index contributed by atoms with van der Waals surface area (Å²) < 4.78 is 7.42. The molecule has 0 saturated carbocycles. The summed E-state index contributed by atoms with van der Waals surface area (Å²) in [6.45, 7) is 2.02. The topological polar surface area (TPSA) is 44.1 Å². The van der Waals surface area contributed by atoms with E-state index in [0.29, 0.717) is 10.9 Å². The minimum Gasteiger partial charge on any atom is -0.487 e. The van der Waals surface area contributed by atoms with E-state index in [1.54, 1.807) is 17.7 Å². The standard InChI is InChI=1S/C13H13ClN2O2/c1-7-3-5-9-12(18-7)11-8(13(14)15-9)4-6-10(17)16(11)2/h4,6-7H,3,5H2,1-2H3/t7-/m0/s1. The number of rotatable bonds is 0. The fourth-order valence-electron chi connectivity index (χ4n) is 2.34. The quantitative estimate of drug-likeness (QED) is 0.686. The fourth-order valence-corrected chi connectivity index (χ4v) is 2.59. The summed E-state index contributed by atoms with van der Waals surface area (Å²) in [7, 11) is 1.73. The van der Waals surface area contributed by atoms with Crippen molar-refractivity contribution in [3.05, 3.63) is 33.3 Å². The summed E-state index contributed by atoms with van der Waals surface area (Å²) in [5.41, 5.74) is 1.50. The molecule has 2 aromatic heterocycles. The van der Waals surface area contributed by atoms with Crippen LogP contribution in [0.5, 0.6) is 5.75 Å². The van der Waals surface area contributed by atoms with Gasteiger partial charge in [-0.3, -0.25) is 4.79 Å². The number of hydrogen-bond donors (Lipinski definition) is 0. The van der Waals surface area contributed by atoms with Crippen LogP contribution in [0.1, 0.15) is 19.0 Å². The minimum absolute atomic E-state index is 0.0752. The summed E-state index contributed by atoms with van der Waals surface area (Å²) in [6, 6.07) is 3.20. The molecule has 0 aromatic carbocycles. The van der Waals surface area contributed by atoms with Crippen molar-refractivity contribution in [2.45, 2.75) is 25.9 Å². The van der Waals surface area contributed by atoms with Gasteiger partial charge >= 0.3 is 0 Å². The maximum Gasteiger partial charge on any atom is 0.250 e. The van der Waals surface area contributed by atoms with Crippen LogP contribution in [0.15, 0.2) is 16.9 Å². The molecule has 0 N–H and O–H groups in total. The molecule has 0 unspecified atom stereocenters. The van der Waals surface area contributed by atoms with Gasteiger partial charge in [0, 0.05) is 18.5 Å². The van der Waals surface area contributed by atoms with Crippen molar-refractivity contribution >= 4 is 22.5 Å². The molecular weight excluding hydrogens is 252 g/mol. The third-order valence-corrected chi connectivity index (χ3v) is 3.64. The predicted octanol–water partition coefficient (Wildman–Crippen LogP) is 2.30. The molecule has 0 spiro atoms. The monoisotopic (exact) mass is 264 g/mol. The minimum atomic E-state index is -0.0752. The van der Waals surface area contributed by atoms with E-state index in [1.165, 1.54) is 6.07 Å². The van der Waals surface area contributed by atoms with Gasteiger partial charge in [0.15, 0.2) is 5.75 Å². The van der Waals surface area contributed by atoms with Gasteiger partial charge in [-0.25, -0.2) is 4.98 Å². The summed E-state index contributed by atoms with van der Waals surface area (Å²) in [4.78, 5) is 16.1. The van der Waals surface area contributed by atoms with Gasteiger partial charge in [0.2, 0.25) is 0 Å². The molecule has 1 atom stereocenters. The molecular formula is C13H13ClN2O2. The smallest absolute Gasteiger partial charge is 0.250 e. The second-order valence-electron chi connectivity index (χ2n) is 4.64. The molecule has 1 aliphatic rings. The van der Waals surface area contributed by atoms with E-state index in [9.17, 15) is 4.79 Å². The van der Waals surface area contributed by atoms with Gasteiger partial charge in [-0.05, 0) is 25.8 Å². The van der Waals surface area contributed by atoms with Crippen LogP contribution in [0.3, 0.4) is 0 Å². The lowest BCUT2D eigenvalue weighted by Crippen LogP contribution is -2.23. The summed E-state index contributed by atoms with van der Waals surface area (Å²) >= 11 is 6.17. The van der Waals surface area contributed by atoms with Crippen LogP contribution in [0.4, 0.5) is 0 Å². The summed E-state index contributed by atoms with van der Waals surface area (Å²) in [6.07, 6.45) is 1.89. The van der Waals surface area contributed by atoms with E-state index in [0.717, 1.165) is 29.4 Å². The summed E-state index contributed by atoms with van der Waals surface area (Å²) in [5.74, 6) is 0.702. The Morgan fingerprint density at radius 1 is 1.50 bits per heavy atom. The van der Waals surface area contributed by atoms with E-state index in [1.807, 2.05) is 6.92 Å². The lowest BCUT2D eigenvalue weighted by molar-refractivity contribution is 0.192. The van der Waals surface area contributed by atoms with Crippen molar-refractivity contribution in [2.75, 3.05) is 0 Å². The van der Waals surface area contributed by atoms with Gasteiger partial charge in [-0.2, -0.15) is 0 Å². The van der Waals surface area contributed by atoms with Crippen LogP contribution in [0.25, 0.3) is 10.9 Å². The lowest BCUT2D eigenvalue weighted by atomic mass is 10.1. The highest BCUT2D eigenvalue weighted by Crippen LogP contribution is 2.35. The molecule has 18 heavy (non-hydrogen) atoms. The van der Waals surface area contributed by atoms with Gasteiger partial charge in [0.05, 0.1) is 17.3 Å². The number of nitrogens with zero attached hydrogens (tertiary/aromatic N) is 2. The fraction of sp³-hybridized carbons (Fsp3) is 0.385. The number of pyridine rings is 2. The second-order valence-corrected chi connectivity index (χ2v) is 5.00. The maximum absolute atomic E-state index is 11.8. The molecule has 4 nitrogen and oxygen atoms in total. The highest BCUT2D eigenvalue weighted by atomic mass is 35.5. The van der Waals surface area contributed by atoms with Crippen LogP contribution in [0, 0.1) is 0 Å². The van der Waals surface area contributed by atoms with Crippen molar-refractivity contribution in [1.29, 1.82) is 0 Å². The van der Waals surface area contributed by atoms with Gasteiger partial charge in [-0.15, -0.1) is 0 Å². The Kier molecular flexibility index (Phi) is 2.55. The Morgan fingerprint density at radius 2 is 2.28 bits per heavy atom. The normalized spacial score (nSPS) is 18.5. The largest absolute Gasteiger partial charge is 0.487 e. The van der Waals surface area contributed by atoms with Gasteiger partial charge < -0.3 is 9.30 Å². The molecule has 2 aromatic rings. The van der Waals surface area contributed by atoms with Gasteiger partial charge in [0.25, 0.3) is 5.56 Å². The molecule has 94 valence electrons. The first-order valence-corrected chi connectivity index (χ1v) is 6.30. The molecule has 5 heteroatoms. The Morgan fingerprint density at radius 3 is 3.06 bits per heavy atom. The zero-order valence-corrected chi connectivity index (χ0v) is 11.0. The zero-order valence-electron chi connectivity index (χ0n) is 10.2. The van der Waals surface area contributed by atoms with Gasteiger partial charge in [-0.1, -0.05) is 11.6 Å². The summed E-state index contributed by atoms with van der Waals surface area (Å²) in [5, 5.41) is 1.18. The first kappa shape index (κ1) is 11.5. The number of hydrogen-bond acceptors (Lipinski definition) is 3. The molecule has 0 fully saturated rings. The van der Waals surface area contributed by atoms with Gasteiger partial charge in [0.1, 0.15) is 5.15 Å². The van der Waals surface area contributed by atoms with E-state index in [-0.39, 0.29) is 11.7 Å². The molecule has 0 amide bonds. The second kappa shape index (κ2) is 3.99. The highest BCUT2D eigenvalue weighted by molar-refractivity contribution is 6.34. The SMILES string of the molecule is C[C@H]1CCc2nc(Cl)c3ccc(=O)n(C)c3c2O1. The molecule has 0 aliphatic carbocycles. The van der Waals surface area contributed by atoms with Crippen molar-refractivity contribution in [3.8, 4) is 5.75 Å². The van der Waals surface area contributed by atoms with Crippen LogP contribution >= 0.6 is 11.6 Å². The van der Waals surface area contributed by atoms with E-state index >= 15 is 0 Å². The van der Waals surface area contributed by atoms with E-state index in [2.05, 4.69) is 4.98 Å². The molecule has 0 saturated heterocycles. The first-order valence-electron chi connectivity index (χ1n) is 5.92. The van der Waals surface area contributed by atoms with Crippen molar-refractivity contribution in [1.82, 2.24) is 9.55 Å². The third kappa shape index (κ3) is 1.60.